The number of fused-ring (bicyclic) bond motifs is 1. The summed E-state index contributed by atoms with van der Waals surface area (Å²) in [7, 11) is 0. The van der Waals surface area contributed by atoms with Crippen molar-refractivity contribution in [2.75, 3.05) is 26.2 Å². The Morgan fingerprint density at radius 1 is 0.967 bits per heavy atom. The summed E-state index contributed by atoms with van der Waals surface area (Å²) < 4.78 is 7.08. The van der Waals surface area contributed by atoms with Crippen molar-refractivity contribution < 1.29 is 14.3 Å². The second-order valence-corrected chi connectivity index (χ2v) is 8.12. The maximum Gasteiger partial charge on any atom is 0.410 e. The van der Waals surface area contributed by atoms with E-state index in [0.29, 0.717) is 37.4 Å². The number of hydrogen-bond acceptors (Lipinski definition) is 6. The maximum atomic E-state index is 13.1. The second-order valence-electron chi connectivity index (χ2n) is 8.12. The van der Waals surface area contributed by atoms with Crippen molar-refractivity contribution in [3.63, 3.8) is 0 Å². The van der Waals surface area contributed by atoms with Crippen molar-refractivity contribution in [1.82, 2.24) is 29.4 Å². The number of aromatic nitrogens is 4. The van der Waals surface area contributed by atoms with Crippen molar-refractivity contribution >= 4 is 17.6 Å². The molecule has 0 aromatic carbocycles. The van der Waals surface area contributed by atoms with Crippen LogP contribution in [0.1, 0.15) is 31.1 Å². The van der Waals surface area contributed by atoms with E-state index < -0.39 is 5.60 Å². The highest BCUT2D eigenvalue weighted by Gasteiger charge is 2.29. The summed E-state index contributed by atoms with van der Waals surface area (Å²) >= 11 is 0. The lowest BCUT2D eigenvalue weighted by Gasteiger charge is -2.35. The van der Waals surface area contributed by atoms with E-state index in [4.69, 9.17) is 4.74 Å². The number of piperazine rings is 1. The molecule has 0 radical (unpaired) electrons. The summed E-state index contributed by atoms with van der Waals surface area (Å²) in [4.78, 5) is 37.1. The Hall–Kier alpha value is -3.49. The molecule has 1 fully saturated rings. The van der Waals surface area contributed by atoms with Crippen molar-refractivity contribution in [2.45, 2.75) is 26.4 Å². The average Bonchev–Trinajstić information content (AvgIpc) is 3.17. The Morgan fingerprint density at radius 3 is 2.30 bits per heavy atom. The fraction of sp³-hybridized carbons (Fsp3) is 0.381. The van der Waals surface area contributed by atoms with Gasteiger partial charge < -0.3 is 14.5 Å². The third-order valence-electron chi connectivity index (χ3n) is 4.83. The molecule has 9 nitrogen and oxygen atoms in total. The fourth-order valence-electron chi connectivity index (χ4n) is 3.37. The number of ether oxygens (including phenoxy) is 1. The summed E-state index contributed by atoms with van der Waals surface area (Å²) in [5.41, 5.74) is 2.17. The van der Waals surface area contributed by atoms with Crippen LogP contribution in [0.5, 0.6) is 0 Å². The molecule has 0 unspecified atom stereocenters. The highest BCUT2D eigenvalue weighted by molar-refractivity contribution is 6.00. The highest BCUT2D eigenvalue weighted by atomic mass is 16.6. The summed E-state index contributed by atoms with van der Waals surface area (Å²) in [6, 6.07) is 5.62. The second kappa shape index (κ2) is 7.74. The van der Waals surface area contributed by atoms with Gasteiger partial charge in [0, 0.05) is 50.3 Å². The molecule has 0 atom stereocenters. The predicted molar refractivity (Wildman–Crippen MR) is 110 cm³/mol. The average molecular weight is 408 g/mol. The van der Waals surface area contributed by atoms with Gasteiger partial charge in [0.2, 0.25) is 0 Å². The van der Waals surface area contributed by atoms with Gasteiger partial charge in [-0.25, -0.2) is 14.3 Å². The molecule has 2 amide bonds. The monoisotopic (exact) mass is 408 g/mol. The summed E-state index contributed by atoms with van der Waals surface area (Å²) in [6.45, 7) is 7.22. The molecule has 0 bridgehead atoms. The number of carbonyl (C=O) groups is 2. The van der Waals surface area contributed by atoms with E-state index in [9.17, 15) is 9.59 Å². The van der Waals surface area contributed by atoms with Crippen LogP contribution in [0.2, 0.25) is 0 Å². The molecule has 3 aromatic heterocycles. The molecule has 1 saturated heterocycles. The van der Waals surface area contributed by atoms with E-state index in [0.717, 1.165) is 11.3 Å². The number of pyridine rings is 1. The Balaban J connectivity index is 1.51. The van der Waals surface area contributed by atoms with Crippen LogP contribution in [0, 0.1) is 0 Å². The first-order chi connectivity index (χ1) is 14.3. The van der Waals surface area contributed by atoms with Gasteiger partial charge in [-0.05, 0) is 39.0 Å². The van der Waals surface area contributed by atoms with E-state index >= 15 is 0 Å². The number of amides is 2. The third-order valence-corrected chi connectivity index (χ3v) is 4.83. The van der Waals surface area contributed by atoms with Crippen molar-refractivity contribution in [3.05, 3.63) is 48.5 Å². The lowest BCUT2D eigenvalue weighted by molar-refractivity contribution is 0.0141. The molecule has 30 heavy (non-hydrogen) atoms. The highest BCUT2D eigenvalue weighted by Crippen LogP contribution is 2.21. The van der Waals surface area contributed by atoms with E-state index in [2.05, 4.69) is 15.1 Å². The van der Waals surface area contributed by atoms with Crippen LogP contribution in [0.4, 0.5) is 4.79 Å². The SMILES string of the molecule is CC(C)(C)OC(=O)N1CCN(C(=O)c2cnn3c(-c4ccncc4)ccnc23)CC1. The molecular formula is C21H24N6O3. The van der Waals surface area contributed by atoms with Crippen LogP contribution in [-0.2, 0) is 4.74 Å². The minimum Gasteiger partial charge on any atom is -0.444 e. The Morgan fingerprint density at radius 2 is 1.63 bits per heavy atom. The van der Waals surface area contributed by atoms with E-state index in [1.54, 1.807) is 39.1 Å². The maximum absolute atomic E-state index is 13.1. The van der Waals surface area contributed by atoms with Crippen molar-refractivity contribution in [2.24, 2.45) is 0 Å². The first-order valence-corrected chi connectivity index (χ1v) is 9.84. The van der Waals surface area contributed by atoms with Gasteiger partial charge in [-0.1, -0.05) is 0 Å². The van der Waals surface area contributed by atoms with E-state index in [1.165, 1.54) is 0 Å². The van der Waals surface area contributed by atoms with Crippen LogP contribution < -0.4 is 0 Å². The number of rotatable bonds is 2. The van der Waals surface area contributed by atoms with Crippen LogP contribution in [-0.4, -0.2) is 73.2 Å². The van der Waals surface area contributed by atoms with Crippen LogP contribution in [0.15, 0.2) is 43.0 Å². The molecule has 0 spiro atoms. The molecule has 1 aliphatic heterocycles. The van der Waals surface area contributed by atoms with Gasteiger partial charge in [0.25, 0.3) is 5.91 Å². The van der Waals surface area contributed by atoms with Crippen molar-refractivity contribution in [1.29, 1.82) is 0 Å². The van der Waals surface area contributed by atoms with Gasteiger partial charge in [0.05, 0.1) is 11.9 Å². The van der Waals surface area contributed by atoms with Gasteiger partial charge >= 0.3 is 6.09 Å². The minimum atomic E-state index is -0.542. The topological polar surface area (TPSA) is 92.9 Å². The standard InChI is InChI=1S/C21H24N6O3/c1-21(2,3)30-20(29)26-12-10-25(11-13-26)19(28)16-14-24-27-17(6-9-23-18(16)27)15-4-7-22-8-5-15/h4-9,14H,10-13H2,1-3H3. The van der Waals surface area contributed by atoms with Crippen molar-refractivity contribution in [3.8, 4) is 11.3 Å². The molecule has 156 valence electrons. The van der Waals surface area contributed by atoms with Gasteiger partial charge in [-0.2, -0.15) is 5.10 Å². The van der Waals surface area contributed by atoms with E-state index in [-0.39, 0.29) is 12.0 Å². The lowest BCUT2D eigenvalue weighted by atomic mass is 10.2. The fourth-order valence-corrected chi connectivity index (χ4v) is 3.37. The van der Waals surface area contributed by atoms with Gasteiger partial charge in [0.15, 0.2) is 5.65 Å². The number of nitrogens with zero attached hydrogens (tertiary/aromatic N) is 6. The van der Waals surface area contributed by atoms with Crippen LogP contribution >= 0.6 is 0 Å². The largest absolute Gasteiger partial charge is 0.444 e. The number of carbonyl (C=O) groups excluding carboxylic acids is 2. The quantitative estimate of drug-likeness (QED) is 0.647. The first-order valence-electron chi connectivity index (χ1n) is 9.84. The molecule has 0 N–H and O–H groups in total. The summed E-state index contributed by atoms with van der Waals surface area (Å²) in [5.74, 6) is -0.145. The zero-order valence-electron chi connectivity index (χ0n) is 17.3. The predicted octanol–water partition coefficient (Wildman–Crippen LogP) is 2.48. The smallest absolute Gasteiger partial charge is 0.410 e. The zero-order chi connectivity index (χ0) is 21.3. The zero-order valence-corrected chi connectivity index (χ0v) is 17.3. The third kappa shape index (κ3) is 3.96. The van der Waals surface area contributed by atoms with Gasteiger partial charge in [0.1, 0.15) is 11.2 Å². The van der Waals surface area contributed by atoms with Crippen LogP contribution in [0.25, 0.3) is 16.9 Å². The molecule has 0 aliphatic carbocycles. The minimum absolute atomic E-state index is 0.145. The summed E-state index contributed by atoms with van der Waals surface area (Å²) in [5, 5.41) is 4.40. The number of hydrogen-bond donors (Lipinski definition) is 0. The molecule has 0 saturated carbocycles. The first kappa shape index (κ1) is 19.8. The van der Waals surface area contributed by atoms with Gasteiger partial charge in [-0.15, -0.1) is 0 Å². The lowest BCUT2D eigenvalue weighted by Crippen LogP contribution is -2.51. The molecule has 9 heteroatoms. The molecular weight excluding hydrogens is 384 g/mol. The molecule has 3 aromatic rings. The van der Waals surface area contributed by atoms with E-state index in [1.807, 2.05) is 39.0 Å². The van der Waals surface area contributed by atoms with Gasteiger partial charge in [-0.3, -0.25) is 9.78 Å². The Bertz CT molecular complexity index is 1070. The summed E-state index contributed by atoms with van der Waals surface area (Å²) in [6.07, 6.45) is 6.29. The molecule has 4 heterocycles. The normalized spacial score (nSPS) is 14.8. The molecule has 1 aliphatic rings. The Labute approximate surface area is 174 Å². The molecule has 4 rings (SSSR count). The van der Waals surface area contributed by atoms with Crippen LogP contribution in [0.3, 0.4) is 0 Å². The Kier molecular flexibility index (Phi) is 5.11.